The summed E-state index contributed by atoms with van der Waals surface area (Å²) in [6, 6.07) is 14.0. The van der Waals surface area contributed by atoms with Crippen LogP contribution in [0.25, 0.3) is 0 Å². The highest BCUT2D eigenvalue weighted by atomic mass is 32.2. The van der Waals surface area contributed by atoms with Crippen LogP contribution in [0.4, 0.5) is 0 Å². The third-order valence-electron chi connectivity index (χ3n) is 3.27. The normalized spacial score (nSPS) is 12.2. The van der Waals surface area contributed by atoms with Gasteiger partial charge < -0.3 is 4.74 Å². The van der Waals surface area contributed by atoms with Crippen molar-refractivity contribution in [3.63, 3.8) is 0 Å². The number of hydrogen-bond acceptors (Lipinski definition) is 7. The summed E-state index contributed by atoms with van der Waals surface area (Å²) in [5.41, 5.74) is 0.942. The molecule has 0 atom stereocenters. The van der Waals surface area contributed by atoms with E-state index < -0.39 is 20.2 Å². The number of aryl methyl sites for hydroxylation is 1. The predicted octanol–water partition coefficient (Wildman–Crippen LogP) is 2.12. The molecule has 0 spiro atoms. The van der Waals surface area contributed by atoms with E-state index in [1.165, 1.54) is 24.3 Å². The van der Waals surface area contributed by atoms with Crippen LogP contribution in [-0.2, 0) is 33.3 Å². The molecular weight excluding hydrogens is 380 g/mol. The van der Waals surface area contributed by atoms with Gasteiger partial charge in [0.15, 0.2) is 0 Å². The second-order valence-electron chi connectivity index (χ2n) is 5.29. The van der Waals surface area contributed by atoms with Crippen LogP contribution in [0.5, 0.6) is 0 Å². The molecule has 0 radical (unpaired) electrons. The summed E-state index contributed by atoms with van der Waals surface area (Å²) in [5.74, 6) is 0. The van der Waals surface area contributed by atoms with E-state index in [0.717, 1.165) is 5.56 Å². The van der Waals surface area contributed by atoms with E-state index in [1.54, 1.807) is 30.3 Å². The van der Waals surface area contributed by atoms with Crippen LogP contribution >= 0.6 is 0 Å². The zero-order valence-electron chi connectivity index (χ0n) is 14.2. The second-order valence-corrected chi connectivity index (χ2v) is 8.52. The van der Waals surface area contributed by atoms with Crippen molar-refractivity contribution >= 4 is 20.2 Å². The van der Waals surface area contributed by atoms with Crippen LogP contribution < -0.4 is 0 Å². The van der Waals surface area contributed by atoms with Crippen molar-refractivity contribution in [3.8, 4) is 0 Å². The molecule has 0 aliphatic carbocycles. The first-order valence-electron chi connectivity index (χ1n) is 7.79. The molecule has 2 aromatic rings. The molecule has 26 heavy (non-hydrogen) atoms. The first-order valence-corrected chi connectivity index (χ1v) is 10.6. The summed E-state index contributed by atoms with van der Waals surface area (Å²) >= 11 is 0. The molecule has 142 valence electrons. The van der Waals surface area contributed by atoms with E-state index in [2.05, 4.69) is 0 Å². The highest BCUT2D eigenvalue weighted by Gasteiger charge is 2.15. The summed E-state index contributed by atoms with van der Waals surface area (Å²) in [4.78, 5) is 0.132. The molecule has 0 aromatic heterocycles. The average molecular weight is 400 g/mol. The van der Waals surface area contributed by atoms with Crippen LogP contribution in [-0.4, -0.2) is 43.3 Å². The van der Waals surface area contributed by atoms with Crippen molar-refractivity contribution in [3.05, 3.63) is 60.2 Å². The van der Waals surface area contributed by atoms with Gasteiger partial charge in [-0.3, -0.25) is 8.37 Å². The van der Waals surface area contributed by atoms with Gasteiger partial charge in [0.25, 0.3) is 20.2 Å². The van der Waals surface area contributed by atoms with Crippen LogP contribution in [0.2, 0.25) is 0 Å². The first kappa shape index (κ1) is 20.5. The number of benzene rings is 2. The minimum absolute atomic E-state index is 0.0139. The molecule has 7 nitrogen and oxygen atoms in total. The molecule has 2 aromatic carbocycles. The van der Waals surface area contributed by atoms with Gasteiger partial charge >= 0.3 is 0 Å². The van der Waals surface area contributed by atoms with Crippen LogP contribution in [0.15, 0.2) is 64.4 Å². The predicted molar refractivity (Wildman–Crippen MR) is 94.7 cm³/mol. The Kier molecular flexibility index (Phi) is 7.30. The molecule has 0 aliphatic heterocycles. The Morgan fingerprint density at radius 3 is 1.62 bits per heavy atom. The van der Waals surface area contributed by atoms with Crippen molar-refractivity contribution < 1.29 is 29.9 Å². The van der Waals surface area contributed by atoms with Gasteiger partial charge in [-0.15, -0.1) is 0 Å². The van der Waals surface area contributed by atoms with Gasteiger partial charge in [0.05, 0.1) is 36.2 Å². The molecule has 0 amide bonds. The number of hydrogen-bond donors (Lipinski definition) is 0. The fourth-order valence-electron chi connectivity index (χ4n) is 1.94. The summed E-state index contributed by atoms with van der Waals surface area (Å²) in [7, 11) is -7.66. The van der Waals surface area contributed by atoms with Gasteiger partial charge in [0.1, 0.15) is 0 Å². The Hall–Kier alpha value is -1.78. The molecule has 0 N–H and O–H groups in total. The van der Waals surface area contributed by atoms with E-state index in [4.69, 9.17) is 13.1 Å². The standard InChI is InChI=1S/C17H20O7S2/c1-15-7-9-17(10-8-15)26(20,21)24-14-12-22-11-13-23-25(18,19)16-5-3-2-4-6-16/h2-10H,11-14H2,1H3. The van der Waals surface area contributed by atoms with Gasteiger partial charge in [-0.2, -0.15) is 16.8 Å². The first-order chi connectivity index (χ1) is 12.3. The largest absolute Gasteiger partial charge is 0.377 e. The zero-order chi connectivity index (χ0) is 19.0. The van der Waals surface area contributed by atoms with E-state index in [1.807, 2.05) is 6.92 Å². The molecule has 0 fully saturated rings. The van der Waals surface area contributed by atoms with Crippen LogP contribution in [0, 0.1) is 6.92 Å². The molecule has 2 rings (SSSR count). The maximum Gasteiger partial charge on any atom is 0.297 e. The highest BCUT2D eigenvalue weighted by Crippen LogP contribution is 2.13. The summed E-state index contributed by atoms with van der Waals surface area (Å²) in [6.07, 6.45) is 0. The van der Waals surface area contributed by atoms with E-state index in [9.17, 15) is 16.8 Å². The number of ether oxygens (including phenoxy) is 1. The Balaban J connectivity index is 1.67. The van der Waals surface area contributed by atoms with Crippen LogP contribution in [0.3, 0.4) is 0 Å². The summed E-state index contributed by atoms with van der Waals surface area (Å²) in [6.45, 7) is 1.47. The summed E-state index contributed by atoms with van der Waals surface area (Å²) in [5, 5.41) is 0. The van der Waals surface area contributed by atoms with E-state index >= 15 is 0 Å². The Morgan fingerprint density at radius 1 is 0.654 bits per heavy atom. The Labute approximate surface area is 153 Å². The maximum atomic E-state index is 11.9. The smallest absolute Gasteiger partial charge is 0.297 e. The topological polar surface area (TPSA) is 96.0 Å². The molecule has 9 heteroatoms. The van der Waals surface area contributed by atoms with Crippen LogP contribution in [0.1, 0.15) is 5.56 Å². The minimum Gasteiger partial charge on any atom is -0.377 e. The Bertz CT molecular complexity index is 890. The molecule has 0 saturated heterocycles. The average Bonchev–Trinajstić information content (AvgIpc) is 2.62. The third-order valence-corrected chi connectivity index (χ3v) is 5.93. The molecular formula is C17H20O7S2. The summed E-state index contributed by atoms with van der Waals surface area (Å²) < 4.78 is 62.4. The second kappa shape index (κ2) is 9.24. The highest BCUT2D eigenvalue weighted by molar-refractivity contribution is 7.87. The van der Waals surface area contributed by atoms with Gasteiger partial charge in [-0.25, -0.2) is 0 Å². The lowest BCUT2D eigenvalue weighted by atomic mass is 10.2. The molecule has 0 heterocycles. The van der Waals surface area contributed by atoms with Crippen molar-refractivity contribution in [2.24, 2.45) is 0 Å². The zero-order valence-corrected chi connectivity index (χ0v) is 15.8. The fraction of sp³-hybridized carbons (Fsp3) is 0.294. The maximum absolute atomic E-state index is 11.9. The van der Waals surface area contributed by atoms with E-state index in [0.29, 0.717) is 0 Å². The van der Waals surface area contributed by atoms with Crippen molar-refractivity contribution in [2.45, 2.75) is 16.7 Å². The SMILES string of the molecule is Cc1ccc(S(=O)(=O)OCCOCCOS(=O)(=O)c2ccccc2)cc1. The quantitative estimate of drug-likeness (QED) is 0.445. The molecule has 0 aliphatic rings. The van der Waals surface area contributed by atoms with Crippen molar-refractivity contribution in [1.82, 2.24) is 0 Å². The van der Waals surface area contributed by atoms with Crippen molar-refractivity contribution in [1.29, 1.82) is 0 Å². The number of rotatable bonds is 10. The minimum atomic E-state index is -3.84. The van der Waals surface area contributed by atoms with Gasteiger partial charge in [0, 0.05) is 0 Å². The lowest BCUT2D eigenvalue weighted by Crippen LogP contribution is -2.15. The van der Waals surface area contributed by atoms with Gasteiger partial charge in [-0.05, 0) is 31.2 Å². The van der Waals surface area contributed by atoms with Gasteiger partial charge in [0.2, 0.25) is 0 Å². The fourth-order valence-corrected chi connectivity index (χ4v) is 3.74. The lowest BCUT2D eigenvalue weighted by Gasteiger charge is -2.08. The van der Waals surface area contributed by atoms with E-state index in [-0.39, 0.29) is 36.2 Å². The monoisotopic (exact) mass is 400 g/mol. The Morgan fingerprint density at radius 2 is 1.12 bits per heavy atom. The molecule has 0 saturated carbocycles. The van der Waals surface area contributed by atoms with Crippen molar-refractivity contribution in [2.75, 3.05) is 26.4 Å². The third kappa shape index (κ3) is 6.19. The van der Waals surface area contributed by atoms with Gasteiger partial charge in [-0.1, -0.05) is 35.9 Å². The lowest BCUT2D eigenvalue weighted by molar-refractivity contribution is 0.0794. The molecule has 0 bridgehead atoms. The molecule has 0 unspecified atom stereocenters.